The molecular weight excluding hydrogens is 434 g/mol. The first-order valence-corrected chi connectivity index (χ1v) is 11.4. The summed E-state index contributed by atoms with van der Waals surface area (Å²) in [5.41, 5.74) is 2.92. The molecule has 0 bridgehead atoms. The summed E-state index contributed by atoms with van der Waals surface area (Å²) in [7, 11) is 0. The van der Waals surface area contributed by atoms with Crippen LogP contribution in [0.1, 0.15) is 69.8 Å². The predicted molar refractivity (Wildman–Crippen MR) is 133 cm³/mol. The Hall–Kier alpha value is -3.16. The molecule has 0 fully saturated rings. The summed E-state index contributed by atoms with van der Waals surface area (Å²) in [6, 6.07) is 16.7. The fourth-order valence-electron chi connectivity index (χ4n) is 3.83. The minimum atomic E-state index is -1.26. The van der Waals surface area contributed by atoms with Crippen LogP contribution >= 0.6 is 0 Å². The molecule has 0 aromatic heterocycles. The van der Waals surface area contributed by atoms with Crippen LogP contribution in [0.2, 0.25) is 0 Å². The number of rotatable bonds is 10. The van der Waals surface area contributed by atoms with E-state index in [1.807, 2.05) is 24.3 Å². The largest absolute Gasteiger partial charge is 0.508 e. The average Bonchev–Trinajstić information content (AvgIpc) is 2.76. The smallest absolute Gasteiger partial charge is 0.328 e. The first kappa shape index (κ1) is 28.9. The highest BCUT2D eigenvalue weighted by Gasteiger charge is 2.22. The number of benzene rings is 2. The second-order valence-corrected chi connectivity index (χ2v) is 8.68. The molecule has 7 nitrogen and oxygen atoms in total. The standard InChI is InChI=1S/C23H33NO2.C4H4O4/c1-16(2)24(17(3)4)14-13-21(19-9-7-6-8-10-19)22-15-20(18(5)25)11-12-23(22)26;5-3(6)1-2-4(7)8/h6-12,15-18,21,25-26H,13-14H2,1-5H3;1-2H,(H,5,6)(H,7,8)/b;2-1+/t18-,21?;/m1./s1. The first-order valence-electron chi connectivity index (χ1n) is 11.4. The van der Waals surface area contributed by atoms with E-state index in [1.54, 1.807) is 19.1 Å². The zero-order valence-electron chi connectivity index (χ0n) is 20.5. The van der Waals surface area contributed by atoms with Crippen molar-refractivity contribution in [1.29, 1.82) is 0 Å². The summed E-state index contributed by atoms with van der Waals surface area (Å²) in [6.07, 6.45) is 1.48. The lowest BCUT2D eigenvalue weighted by Gasteiger charge is -2.32. The molecule has 0 aliphatic carbocycles. The van der Waals surface area contributed by atoms with Gasteiger partial charge < -0.3 is 20.4 Å². The van der Waals surface area contributed by atoms with Crippen molar-refractivity contribution in [2.75, 3.05) is 6.54 Å². The summed E-state index contributed by atoms with van der Waals surface area (Å²) in [5.74, 6) is -2.13. The van der Waals surface area contributed by atoms with Crippen molar-refractivity contribution >= 4 is 11.9 Å². The number of phenolic OH excluding ortho intramolecular Hbond substituents is 1. The van der Waals surface area contributed by atoms with Gasteiger partial charge in [-0.3, -0.25) is 4.90 Å². The topological polar surface area (TPSA) is 118 Å². The minimum absolute atomic E-state index is 0.0925. The number of carboxylic acids is 2. The van der Waals surface area contributed by atoms with Crippen LogP contribution in [0.25, 0.3) is 0 Å². The lowest BCUT2D eigenvalue weighted by atomic mass is 9.86. The van der Waals surface area contributed by atoms with Gasteiger partial charge >= 0.3 is 11.9 Å². The summed E-state index contributed by atoms with van der Waals surface area (Å²) in [4.78, 5) is 21.6. The normalized spacial score (nSPS) is 13.1. The van der Waals surface area contributed by atoms with E-state index in [0.29, 0.717) is 30.0 Å². The Kier molecular flexibility index (Phi) is 12.0. The van der Waals surface area contributed by atoms with Crippen molar-refractivity contribution < 1.29 is 30.0 Å². The number of aliphatic hydroxyl groups is 1. The fraction of sp³-hybridized carbons (Fsp3) is 0.407. The van der Waals surface area contributed by atoms with Gasteiger partial charge in [-0.1, -0.05) is 36.4 Å². The molecule has 0 saturated carbocycles. The summed E-state index contributed by atoms with van der Waals surface area (Å²) < 4.78 is 0. The van der Waals surface area contributed by atoms with Crippen LogP contribution in [0, 0.1) is 0 Å². The third-order valence-electron chi connectivity index (χ3n) is 5.48. The third kappa shape index (κ3) is 9.77. The molecule has 0 spiro atoms. The molecule has 0 amide bonds. The van der Waals surface area contributed by atoms with E-state index >= 15 is 0 Å². The first-order chi connectivity index (χ1) is 15.9. The highest BCUT2D eigenvalue weighted by Crippen LogP contribution is 2.36. The maximum atomic E-state index is 10.5. The Balaban J connectivity index is 0.000000620. The second-order valence-electron chi connectivity index (χ2n) is 8.68. The Morgan fingerprint density at radius 3 is 1.82 bits per heavy atom. The number of carboxylic acid groups (broad SMARTS) is 2. The molecule has 34 heavy (non-hydrogen) atoms. The zero-order valence-corrected chi connectivity index (χ0v) is 20.5. The minimum Gasteiger partial charge on any atom is -0.508 e. The summed E-state index contributed by atoms with van der Waals surface area (Å²) in [6.45, 7) is 11.6. The molecule has 4 N–H and O–H groups in total. The monoisotopic (exact) mass is 471 g/mol. The van der Waals surface area contributed by atoms with Crippen molar-refractivity contribution in [2.45, 2.75) is 65.1 Å². The van der Waals surface area contributed by atoms with Gasteiger partial charge in [-0.25, -0.2) is 9.59 Å². The van der Waals surface area contributed by atoms with E-state index in [2.05, 4.69) is 44.7 Å². The zero-order chi connectivity index (χ0) is 25.8. The van der Waals surface area contributed by atoms with Gasteiger partial charge in [0.1, 0.15) is 5.75 Å². The number of hydrogen-bond acceptors (Lipinski definition) is 5. The van der Waals surface area contributed by atoms with Gasteiger partial charge in [0.25, 0.3) is 0 Å². The Morgan fingerprint density at radius 2 is 1.38 bits per heavy atom. The van der Waals surface area contributed by atoms with E-state index in [1.165, 1.54) is 5.56 Å². The lowest BCUT2D eigenvalue weighted by Crippen LogP contribution is -2.38. The maximum Gasteiger partial charge on any atom is 0.328 e. The van der Waals surface area contributed by atoms with Crippen LogP contribution in [0.5, 0.6) is 5.75 Å². The molecule has 0 aliphatic rings. The predicted octanol–water partition coefficient (Wildman–Crippen LogP) is 4.80. The molecule has 0 aliphatic heterocycles. The molecular formula is C27H37NO6. The molecule has 2 atom stereocenters. The van der Waals surface area contributed by atoms with E-state index in [9.17, 15) is 19.8 Å². The molecule has 2 aromatic carbocycles. The van der Waals surface area contributed by atoms with Gasteiger partial charge in [-0.15, -0.1) is 0 Å². The molecule has 0 heterocycles. The Labute approximate surface area is 202 Å². The van der Waals surface area contributed by atoms with Crippen molar-refractivity contribution in [3.63, 3.8) is 0 Å². The number of carbonyl (C=O) groups is 2. The van der Waals surface area contributed by atoms with E-state index < -0.39 is 18.0 Å². The number of nitrogens with zero attached hydrogens (tertiary/aromatic N) is 1. The highest BCUT2D eigenvalue weighted by molar-refractivity contribution is 5.89. The van der Waals surface area contributed by atoms with E-state index in [-0.39, 0.29) is 5.92 Å². The van der Waals surface area contributed by atoms with Crippen molar-refractivity contribution in [1.82, 2.24) is 4.90 Å². The molecule has 2 rings (SSSR count). The summed E-state index contributed by atoms with van der Waals surface area (Å²) in [5, 5.41) is 36.1. The van der Waals surface area contributed by atoms with Gasteiger partial charge in [0.2, 0.25) is 0 Å². The van der Waals surface area contributed by atoms with Crippen molar-refractivity contribution in [2.24, 2.45) is 0 Å². The number of aliphatic hydroxyl groups excluding tert-OH is 1. The van der Waals surface area contributed by atoms with Gasteiger partial charge in [0, 0.05) is 35.7 Å². The van der Waals surface area contributed by atoms with Crippen LogP contribution in [-0.4, -0.2) is 55.9 Å². The molecule has 0 saturated heterocycles. The average molecular weight is 472 g/mol. The summed E-state index contributed by atoms with van der Waals surface area (Å²) >= 11 is 0. The maximum absolute atomic E-state index is 10.5. The van der Waals surface area contributed by atoms with Crippen LogP contribution in [0.4, 0.5) is 0 Å². The van der Waals surface area contributed by atoms with Gasteiger partial charge in [0.05, 0.1) is 6.10 Å². The highest BCUT2D eigenvalue weighted by atomic mass is 16.4. The van der Waals surface area contributed by atoms with Gasteiger partial charge in [0.15, 0.2) is 0 Å². The fourth-order valence-corrected chi connectivity index (χ4v) is 3.83. The van der Waals surface area contributed by atoms with Crippen LogP contribution < -0.4 is 0 Å². The number of hydrogen-bond donors (Lipinski definition) is 4. The third-order valence-corrected chi connectivity index (χ3v) is 5.48. The lowest BCUT2D eigenvalue weighted by molar-refractivity contribution is -0.134. The van der Waals surface area contributed by atoms with Crippen molar-refractivity contribution in [3.8, 4) is 5.75 Å². The van der Waals surface area contributed by atoms with Gasteiger partial charge in [-0.05, 0) is 70.8 Å². The Morgan fingerprint density at radius 1 is 0.853 bits per heavy atom. The number of phenols is 1. The van der Waals surface area contributed by atoms with Crippen LogP contribution in [-0.2, 0) is 9.59 Å². The van der Waals surface area contributed by atoms with Crippen LogP contribution in [0.3, 0.4) is 0 Å². The van der Waals surface area contributed by atoms with E-state index in [0.717, 1.165) is 24.1 Å². The van der Waals surface area contributed by atoms with E-state index in [4.69, 9.17) is 10.2 Å². The number of aromatic hydroxyl groups is 1. The second kappa shape index (κ2) is 14.2. The molecule has 1 unspecified atom stereocenters. The van der Waals surface area contributed by atoms with Gasteiger partial charge in [-0.2, -0.15) is 0 Å². The van der Waals surface area contributed by atoms with Crippen molar-refractivity contribution in [3.05, 3.63) is 77.4 Å². The SMILES string of the molecule is CC(C)N(CCC(c1ccccc1)c1cc([C@@H](C)O)ccc1O)C(C)C.O=C(O)/C=C/C(=O)O. The molecule has 186 valence electrons. The van der Waals surface area contributed by atoms with Crippen LogP contribution in [0.15, 0.2) is 60.7 Å². The molecule has 7 heteroatoms. The molecule has 2 aromatic rings. The Bertz CT molecular complexity index is 913. The number of aliphatic carboxylic acids is 2. The quantitative estimate of drug-likeness (QED) is 0.368. The molecule has 0 radical (unpaired) electrons.